The van der Waals surface area contributed by atoms with Crippen LogP contribution in [0.3, 0.4) is 0 Å². The SMILES string of the molecule is CN1CCC(CNCc2cccc(OCc3ccccc3C#N)c2)CC1. The number of ether oxygens (including phenoxy) is 1. The predicted octanol–water partition coefficient (Wildman–Crippen LogP) is 3.57. The quantitative estimate of drug-likeness (QED) is 0.830. The Labute approximate surface area is 156 Å². The average Bonchev–Trinajstić information content (AvgIpc) is 2.68. The fourth-order valence-corrected chi connectivity index (χ4v) is 3.35. The summed E-state index contributed by atoms with van der Waals surface area (Å²) < 4.78 is 5.90. The Hall–Kier alpha value is -2.35. The Morgan fingerprint density at radius 1 is 1.15 bits per heavy atom. The maximum absolute atomic E-state index is 9.16. The van der Waals surface area contributed by atoms with Crippen LogP contribution in [0.2, 0.25) is 0 Å². The second kappa shape index (κ2) is 9.38. The van der Waals surface area contributed by atoms with Crippen LogP contribution >= 0.6 is 0 Å². The molecule has 0 amide bonds. The standard InChI is InChI=1S/C22H27N3O/c1-25-11-9-18(10-12-25)15-24-16-19-5-4-8-22(13-19)26-17-21-7-3-2-6-20(21)14-23/h2-8,13,18,24H,9-12,15-17H2,1H3. The van der Waals surface area contributed by atoms with Crippen LogP contribution in [0.15, 0.2) is 48.5 Å². The molecule has 1 aliphatic heterocycles. The summed E-state index contributed by atoms with van der Waals surface area (Å²) >= 11 is 0. The number of nitrogens with one attached hydrogen (secondary N) is 1. The number of rotatable bonds is 7. The van der Waals surface area contributed by atoms with Crippen LogP contribution in [-0.2, 0) is 13.2 Å². The first-order chi connectivity index (χ1) is 12.7. The van der Waals surface area contributed by atoms with Crippen LogP contribution in [0, 0.1) is 17.2 Å². The number of hydrogen-bond donors (Lipinski definition) is 1. The van der Waals surface area contributed by atoms with E-state index in [-0.39, 0.29) is 0 Å². The summed E-state index contributed by atoms with van der Waals surface area (Å²) in [6.45, 7) is 4.77. The summed E-state index contributed by atoms with van der Waals surface area (Å²) in [6.07, 6.45) is 2.57. The molecule has 0 bridgehead atoms. The summed E-state index contributed by atoms with van der Waals surface area (Å²) in [7, 11) is 2.20. The number of piperidine rings is 1. The summed E-state index contributed by atoms with van der Waals surface area (Å²) in [5.74, 6) is 1.63. The van der Waals surface area contributed by atoms with Crippen LogP contribution < -0.4 is 10.1 Å². The van der Waals surface area contributed by atoms with E-state index in [0.717, 1.165) is 30.3 Å². The molecule has 1 heterocycles. The minimum atomic E-state index is 0.413. The number of likely N-dealkylation sites (tertiary alicyclic amines) is 1. The molecule has 136 valence electrons. The van der Waals surface area contributed by atoms with Crippen LogP contribution in [0.1, 0.15) is 29.5 Å². The Bertz CT molecular complexity index is 745. The van der Waals surface area contributed by atoms with Gasteiger partial charge in [0.15, 0.2) is 0 Å². The number of nitrogens with zero attached hydrogens (tertiary/aromatic N) is 2. The molecule has 1 aliphatic rings. The van der Waals surface area contributed by atoms with Gasteiger partial charge >= 0.3 is 0 Å². The monoisotopic (exact) mass is 349 g/mol. The van der Waals surface area contributed by atoms with Crippen molar-refractivity contribution in [1.29, 1.82) is 5.26 Å². The molecule has 0 aromatic heterocycles. The Kier molecular flexibility index (Phi) is 6.65. The van der Waals surface area contributed by atoms with Gasteiger partial charge in [-0.25, -0.2) is 0 Å². The van der Waals surface area contributed by atoms with E-state index in [0.29, 0.717) is 12.2 Å². The van der Waals surface area contributed by atoms with Crippen LogP contribution in [0.5, 0.6) is 5.75 Å². The fraction of sp³-hybridized carbons (Fsp3) is 0.409. The van der Waals surface area contributed by atoms with Gasteiger partial charge in [0.25, 0.3) is 0 Å². The van der Waals surface area contributed by atoms with Crippen molar-refractivity contribution in [2.24, 2.45) is 5.92 Å². The molecule has 3 rings (SSSR count). The molecule has 0 atom stereocenters. The maximum Gasteiger partial charge on any atom is 0.120 e. The lowest BCUT2D eigenvalue weighted by Gasteiger charge is -2.29. The molecule has 4 nitrogen and oxygen atoms in total. The highest BCUT2D eigenvalue weighted by Gasteiger charge is 2.15. The minimum absolute atomic E-state index is 0.413. The smallest absolute Gasteiger partial charge is 0.120 e. The van der Waals surface area contributed by atoms with Gasteiger partial charge in [0.05, 0.1) is 11.6 Å². The molecule has 1 fully saturated rings. The van der Waals surface area contributed by atoms with Gasteiger partial charge < -0.3 is 15.0 Å². The van der Waals surface area contributed by atoms with E-state index >= 15 is 0 Å². The Balaban J connectivity index is 1.48. The molecule has 2 aromatic rings. The molecule has 4 heteroatoms. The van der Waals surface area contributed by atoms with Gasteiger partial charge in [0.2, 0.25) is 0 Å². The van der Waals surface area contributed by atoms with E-state index in [4.69, 9.17) is 10.00 Å². The number of nitriles is 1. The highest BCUT2D eigenvalue weighted by molar-refractivity contribution is 5.37. The van der Waals surface area contributed by atoms with E-state index in [9.17, 15) is 0 Å². The summed E-state index contributed by atoms with van der Waals surface area (Å²) in [5.41, 5.74) is 2.81. The third-order valence-electron chi connectivity index (χ3n) is 5.03. The first-order valence-electron chi connectivity index (χ1n) is 9.33. The first kappa shape index (κ1) is 18.4. The fourth-order valence-electron chi connectivity index (χ4n) is 3.35. The third kappa shape index (κ3) is 5.32. The van der Waals surface area contributed by atoms with Gasteiger partial charge in [-0.1, -0.05) is 30.3 Å². The lowest BCUT2D eigenvalue weighted by molar-refractivity contribution is 0.216. The van der Waals surface area contributed by atoms with Gasteiger partial charge in [-0.05, 0) is 69.2 Å². The second-order valence-electron chi connectivity index (χ2n) is 7.08. The lowest BCUT2D eigenvalue weighted by atomic mass is 9.97. The summed E-state index contributed by atoms with van der Waals surface area (Å²) in [4.78, 5) is 2.40. The van der Waals surface area contributed by atoms with Crippen molar-refractivity contribution >= 4 is 0 Å². The zero-order chi connectivity index (χ0) is 18.2. The molecular formula is C22H27N3O. The van der Waals surface area contributed by atoms with Crippen molar-refractivity contribution in [3.8, 4) is 11.8 Å². The zero-order valence-electron chi connectivity index (χ0n) is 15.4. The molecule has 0 radical (unpaired) electrons. The first-order valence-corrected chi connectivity index (χ1v) is 9.33. The van der Waals surface area contributed by atoms with E-state index in [1.165, 1.54) is 31.5 Å². The van der Waals surface area contributed by atoms with E-state index in [1.807, 2.05) is 36.4 Å². The summed E-state index contributed by atoms with van der Waals surface area (Å²) in [6, 6.07) is 18.0. The van der Waals surface area contributed by atoms with E-state index in [2.05, 4.69) is 35.5 Å². The highest BCUT2D eigenvalue weighted by Crippen LogP contribution is 2.18. The van der Waals surface area contributed by atoms with Crippen LogP contribution in [0.4, 0.5) is 0 Å². The lowest BCUT2D eigenvalue weighted by Crippen LogP contribution is -2.34. The van der Waals surface area contributed by atoms with Crippen molar-refractivity contribution < 1.29 is 4.74 Å². The van der Waals surface area contributed by atoms with Crippen molar-refractivity contribution in [1.82, 2.24) is 10.2 Å². The van der Waals surface area contributed by atoms with Gasteiger partial charge in [-0.2, -0.15) is 5.26 Å². The highest BCUT2D eigenvalue weighted by atomic mass is 16.5. The average molecular weight is 349 g/mol. The molecule has 26 heavy (non-hydrogen) atoms. The molecule has 1 N–H and O–H groups in total. The van der Waals surface area contributed by atoms with Crippen molar-refractivity contribution in [3.63, 3.8) is 0 Å². The van der Waals surface area contributed by atoms with Crippen molar-refractivity contribution in [2.45, 2.75) is 26.0 Å². The normalized spacial score (nSPS) is 15.5. The van der Waals surface area contributed by atoms with E-state index < -0.39 is 0 Å². The molecule has 1 saturated heterocycles. The molecular weight excluding hydrogens is 322 g/mol. The molecule has 0 saturated carbocycles. The third-order valence-corrected chi connectivity index (χ3v) is 5.03. The minimum Gasteiger partial charge on any atom is -0.489 e. The van der Waals surface area contributed by atoms with Gasteiger partial charge in [0, 0.05) is 12.1 Å². The second-order valence-corrected chi connectivity index (χ2v) is 7.08. The van der Waals surface area contributed by atoms with E-state index in [1.54, 1.807) is 0 Å². The maximum atomic E-state index is 9.16. The topological polar surface area (TPSA) is 48.3 Å². The Morgan fingerprint density at radius 3 is 2.77 bits per heavy atom. The predicted molar refractivity (Wildman–Crippen MR) is 104 cm³/mol. The zero-order valence-corrected chi connectivity index (χ0v) is 15.4. The summed E-state index contributed by atoms with van der Waals surface area (Å²) in [5, 5.41) is 12.8. The van der Waals surface area contributed by atoms with Gasteiger partial charge in [-0.15, -0.1) is 0 Å². The number of benzene rings is 2. The van der Waals surface area contributed by atoms with Crippen LogP contribution in [-0.4, -0.2) is 31.6 Å². The van der Waals surface area contributed by atoms with Crippen LogP contribution in [0.25, 0.3) is 0 Å². The Morgan fingerprint density at radius 2 is 1.96 bits per heavy atom. The molecule has 2 aromatic carbocycles. The number of hydrogen-bond acceptors (Lipinski definition) is 4. The van der Waals surface area contributed by atoms with Gasteiger partial charge in [0.1, 0.15) is 12.4 Å². The van der Waals surface area contributed by atoms with Gasteiger partial charge in [-0.3, -0.25) is 0 Å². The van der Waals surface area contributed by atoms with Crippen molar-refractivity contribution in [3.05, 3.63) is 65.2 Å². The van der Waals surface area contributed by atoms with Crippen molar-refractivity contribution in [2.75, 3.05) is 26.7 Å². The molecule has 0 spiro atoms. The largest absolute Gasteiger partial charge is 0.489 e. The molecule has 0 unspecified atom stereocenters. The molecule has 0 aliphatic carbocycles.